The van der Waals surface area contributed by atoms with Crippen LogP contribution in [0.2, 0.25) is 0 Å². The Morgan fingerprint density at radius 1 is 1.33 bits per heavy atom. The van der Waals surface area contributed by atoms with E-state index in [1.807, 2.05) is 36.7 Å². The molecule has 1 fully saturated rings. The van der Waals surface area contributed by atoms with Crippen molar-refractivity contribution in [2.24, 2.45) is 12.0 Å². The van der Waals surface area contributed by atoms with E-state index in [-0.39, 0.29) is 0 Å². The number of aliphatic imine (C=N–C) groups is 1. The lowest BCUT2D eigenvalue weighted by molar-refractivity contribution is 0.111. The first-order chi connectivity index (χ1) is 11.6. The van der Waals surface area contributed by atoms with E-state index in [4.69, 9.17) is 0 Å². The molecule has 3 rings (SSSR count). The summed E-state index contributed by atoms with van der Waals surface area (Å²) < 4.78 is 1.83. The van der Waals surface area contributed by atoms with Crippen molar-refractivity contribution in [3.05, 3.63) is 18.0 Å². The van der Waals surface area contributed by atoms with Crippen molar-refractivity contribution in [2.75, 3.05) is 24.3 Å². The van der Waals surface area contributed by atoms with E-state index in [0.717, 1.165) is 41.5 Å². The predicted molar refractivity (Wildman–Crippen MR) is 99.4 cm³/mol. The molecule has 0 bridgehead atoms. The largest absolute Gasteiger partial charge is 0.377 e. The maximum Gasteiger partial charge on any atom is 0.168 e. The maximum absolute atomic E-state index is 11.6. The number of rotatable bonds is 5. The molecule has 0 aliphatic heterocycles. The number of aromatic nitrogens is 2. The number of aryl methyl sites for hydroxylation is 1. The molecule has 0 amide bonds. The molecule has 0 unspecified atom stereocenters. The van der Waals surface area contributed by atoms with Crippen LogP contribution in [0.25, 0.3) is 11.0 Å². The van der Waals surface area contributed by atoms with Gasteiger partial charge in [-0.15, -0.1) is 0 Å². The van der Waals surface area contributed by atoms with E-state index < -0.39 is 0 Å². The van der Waals surface area contributed by atoms with Gasteiger partial charge in [0.05, 0.1) is 29.1 Å². The first-order valence-corrected chi connectivity index (χ1v) is 8.51. The Balaban J connectivity index is 1.98. The van der Waals surface area contributed by atoms with Gasteiger partial charge in [0.15, 0.2) is 6.29 Å². The van der Waals surface area contributed by atoms with Crippen LogP contribution in [-0.2, 0) is 7.05 Å². The van der Waals surface area contributed by atoms with Crippen LogP contribution in [0.5, 0.6) is 0 Å². The maximum atomic E-state index is 11.6. The molecule has 2 heterocycles. The average molecular weight is 327 g/mol. The van der Waals surface area contributed by atoms with Crippen LogP contribution >= 0.6 is 0 Å². The molecule has 0 radical (unpaired) electrons. The second-order valence-corrected chi connectivity index (χ2v) is 6.57. The summed E-state index contributed by atoms with van der Waals surface area (Å²) in [5.41, 5.74) is 3.18. The van der Waals surface area contributed by atoms with E-state index >= 15 is 0 Å². The number of anilines is 2. The summed E-state index contributed by atoms with van der Waals surface area (Å²) in [4.78, 5) is 22.7. The molecule has 2 aromatic heterocycles. The number of aldehydes is 1. The minimum atomic E-state index is 0.396. The summed E-state index contributed by atoms with van der Waals surface area (Å²) >= 11 is 0. The first kappa shape index (κ1) is 16.5. The van der Waals surface area contributed by atoms with Crippen molar-refractivity contribution in [3.63, 3.8) is 0 Å². The molecule has 0 saturated heterocycles. The molecular weight excluding hydrogens is 302 g/mol. The minimum absolute atomic E-state index is 0.396. The molecule has 24 heavy (non-hydrogen) atoms. The van der Waals surface area contributed by atoms with Crippen LogP contribution in [0.4, 0.5) is 11.4 Å². The van der Waals surface area contributed by atoms with Crippen LogP contribution < -0.4 is 10.2 Å². The van der Waals surface area contributed by atoms with Gasteiger partial charge in [0.2, 0.25) is 0 Å². The third-order valence-electron chi connectivity index (χ3n) is 4.76. The van der Waals surface area contributed by atoms with Gasteiger partial charge < -0.3 is 14.8 Å². The van der Waals surface area contributed by atoms with Crippen molar-refractivity contribution >= 4 is 35.0 Å². The minimum Gasteiger partial charge on any atom is -0.377 e. The number of hydrogen-bond acceptors (Lipinski definition) is 4. The molecule has 1 saturated carbocycles. The molecule has 1 aliphatic carbocycles. The van der Waals surface area contributed by atoms with Gasteiger partial charge in [-0.1, -0.05) is 19.3 Å². The normalized spacial score (nSPS) is 16.0. The van der Waals surface area contributed by atoms with Crippen LogP contribution in [0.1, 0.15) is 42.6 Å². The molecule has 2 aromatic rings. The summed E-state index contributed by atoms with van der Waals surface area (Å²) in [6.45, 7) is 0. The topological polar surface area (TPSA) is 62.5 Å². The highest BCUT2D eigenvalue weighted by atomic mass is 16.1. The third kappa shape index (κ3) is 3.00. The molecule has 6 nitrogen and oxygen atoms in total. The smallest absolute Gasteiger partial charge is 0.168 e. The van der Waals surface area contributed by atoms with Gasteiger partial charge in [0, 0.05) is 27.3 Å². The van der Waals surface area contributed by atoms with Gasteiger partial charge in [-0.25, -0.2) is 4.98 Å². The van der Waals surface area contributed by atoms with Crippen molar-refractivity contribution in [3.8, 4) is 0 Å². The van der Waals surface area contributed by atoms with Gasteiger partial charge >= 0.3 is 0 Å². The SMILES string of the molecule is CN(C)c1ccnc2c1c(NC=NC1CCCCC1)c(C=O)n2C. The number of pyridine rings is 1. The number of fused-ring (bicyclic) bond motifs is 1. The van der Waals surface area contributed by atoms with Crippen molar-refractivity contribution < 1.29 is 4.79 Å². The Labute approximate surface area is 142 Å². The molecular formula is C18H25N5O. The van der Waals surface area contributed by atoms with E-state index in [1.165, 1.54) is 19.3 Å². The Morgan fingerprint density at radius 3 is 2.75 bits per heavy atom. The number of carbonyl (C=O) groups excluding carboxylic acids is 1. The molecule has 128 valence electrons. The monoisotopic (exact) mass is 327 g/mol. The molecule has 0 aromatic carbocycles. The highest BCUT2D eigenvalue weighted by Gasteiger charge is 2.19. The van der Waals surface area contributed by atoms with Gasteiger partial charge in [-0.3, -0.25) is 9.79 Å². The number of carbonyl (C=O) groups is 1. The number of nitrogens with one attached hydrogen (secondary N) is 1. The molecule has 1 N–H and O–H groups in total. The summed E-state index contributed by atoms with van der Waals surface area (Å²) in [6.07, 6.45) is 10.5. The fourth-order valence-corrected chi connectivity index (χ4v) is 3.44. The van der Waals surface area contributed by atoms with Gasteiger partial charge in [-0.2, -0.15) is 0 Å². The summed E-state index contributed by atoms with van der Waals surface area (Å²) in [7, 11) is 5.84. The Bertz CT molecular complexity index is 756. The van der Waals surface area contributed by atoms with Crippen molar-refractivity contribution in [1.82, 2.24) is 9.55 Å². The Hall–Kier alpha value is -2.37. The van der Waals surface area contributed by atoms with Gasteiger partial charge in [0.1, 0.15) is 11.3 Å². The van der Waals surface area contributed by atoms with Gasteiger partial charge in [0.25, 0.3) is 0 Å². The molecule has 0 atom stereocenters. The van der Waals surface area contributed by atoms with Crippen molar-refractivity contribution in [1.29, 1.82) is 0 Å². The lowest BCUT2D eigenvalue weighted by Gasteiger charge is -2.17. The van der Waals surface area contributed by atoms with Gasteiger partial charge in [-0.05, 0) is 18.9 Å². The fraction of sp³-hybridized carbons (Fsp3) is 0.500. The molecule has 6 heteroatoms. The van der Waals surface area contributed by atoms with Crippen LogP contribution in [0, 0.1) is 0 Å². The Morgan fingerprint density at radius 2 is 2.08 bits per heavy atom. The predicted octanol–water partition coefficient (Wildman–Crippen LogP) is 3.22. The number of nitrogens with zero attached hydrogens (tertiary/aromatic N) is 4. The fourth-order valence-electron chi connectivity index (χ4n) is 3.44. The highest BCUT2D eigenvalue weighted by Crippen LogP contribution is 2.34. The van der Waals surface area contributed by atoms with Crippen molar-refractivity contribution in [2.45, 2.75) is 38.1 Å². The summed E-state index contributed by atoms with van der Waals surface area (Å²) in [6, 6.07) is 2.35. The summed E-state index contributed by atoms with van der Waals surface area (Å²) in [5, 5.41) is 4.21. The molecule has 0 spiro atoms. The standard InChI is InChI=1S/C18H25N5O/c1-22(2)14-9-10-19-18-16(14)17(15(11-24)23(18)3)21-12-20-13-7-5-4-6-8-13/h9-13H,4-8H2,1-3H3,(H,20,21). The van der Waals surface area contributed by atoms with Crippen LogP contribution in [0.3, 0.4) is 0 Å². The zero-order valence-electron chi connectivity index (χ0n) is 14.6. The van der Waals surface area contributed by atoms with E-state index in [9.17, 15) is 4.79 Å². The first-order valence-electron chi connectivity index (χ1n) is 8.51. The summed E-state index contributed by atoms with van der Waals surface area (Å²) in [5.74, 6) is 0. The molecule has 1 aliphatic rings. The zero-order valence-corrected chi connectivity index (χ0v) is 14.6. The second-order valence-electron chi connectivity index (χ2n) is 6.57. The highest BCUT2D eigenvalue weighted by molar-refractivity contribution is 6.10. The number of hydrogen-bond donors (Lipinski definition) is 1. The Kier molecular flexibility index (Phi) is 4.83. The van der Waals surface area contributed by atoms with E-state index in [1.54, 1.807) is 12.5 Å². The second kappa shape index (κ2) is 7.03. The third-order valence-corrected chi connectivity index (χ3v) is 4.76. The average Bonchev–Trinajstić information content (AvgIpc) is 2.87. The lowest BCUT2D eigenvalue weighted by Crippen LogP contribution is -2.12. The quantitative estimate of drug-likeness (QED) is 0.520. The lowest BCUT2D eigenvalue weighted by atomic mass is 9.96. The zero-order chi connectivity index (χ0) is 17.1. The van der Waals surface area contributed by atoms with Crippen LogP contribution in [-0.4, -0.2) is 42.3 Å². The van der Waals surface area contributed by atoms with Crippen LogP contribution in [0.15, 0.2) is 17.3 Å². The van der Waals surface area contributed by atoms with E-state index in [0.29, 0.717) is 11.7 Å². The van der Waals surface area contributed by atoms with E-state index in [2.05, 4.69) is 15.3 Å².